The number of nitrogens with two attached hydrogens (primary N) is 1. The van der Waals surface area contributed by atoms with Crippen molar-refractivity contribution in [1.82, 2.24) is 9.55 Å². The molecule has 1 aromatic heterocycles. The Bertz CT molecular complexity index is 412. The van der Waals surface area contributed by atoms with Gasteiger partial charge in [0.2, 0.25) is 0 Å². The molecular weight excluding hydrogens is 238 g/mol. The highest BCUT2D eigenvalue weighted by molar-refractivity contribution is 6.30. The highest BCUT2D eigenvalue weighted by atomic mass is 35.5. The summed E-state index contributed by atoms with van der Waals surface area (Å²) >= 11 is 6.23. The summed E-state index contributed by atoms with van der Waals surface area (Å²) in [5.41, 5.74) is 7.33. The molecule has 1 fully saturated rings. The van der Waals surface area contributed by atoms with Crippen LogP contribution in [0.1, 0.15) is 49.3 Å². The molecule has 1 saturated heterocycles. The molecule has 2 aliphatic heterocycles. The minimum absolute atomic E-state index is 0.0524. The van der Waals surface area contributed by atoms with Crippen LogP contribution in [0.15, 0.2) is 0 Å². The molecule has 0 radical (unpaired) electrons. The van der Waals surface area contributed by atoms with Gasteiger partial charge in [0, 0.05) is 19.1 Å². The number of nitrogens with zero attached hydrogens (tertiary/aromatic N) is 2. The van der Waals surface area contributed by atoms with E-state index in [1.54, 1.807) is 0 Å². The van der Waals surface area contributed by atoms with Gasteiger partial charge in [-0.05, 0) is 32.1 Å². The Hall–Kier alpha value is -0.580. The van der Waals surface area contributed by atoms with E-state index in [1.165, 1.54) is 0 Å². The molecule has 3 rings (SSSR count). The van der Waals surface area contributed by atoms with Crippen LogP contribution in [0.4, 0.5) is 0 Å². The lowest BCUT2D eigenvalue weighted by molar-refractivity contribution is 0.0822. The van der Waals surface area contributed by atoms with Gasteiger partial charge in [-0.25, -0.2) is 4.98 Å². The monoisotopic (exact) mass is 255 g/mol. The quantitative estimate of drug-likeness (QED) is 0.837. The smallest absolute Gasteiger partial charge is 0.150 e. The first-order valence-corrected chi connectivity index (χ1v) is 6.75. The molecule has 0 aromatic carbocycles. The van der Waals surface area contributed by atoms with E-state index in [0.29, 0.717) is 11.1 Å². The van der Waals surface area contributed by atoms with Crippen molar-refractivity contribution in [1.29, 1.82) is 0 Å². The molecular formula is C12H18ClN3O. The number of imidazole rings is 1. The minimum atomic E-state index is 0.0524. The van der Waals surface area contributed by atoms with Crippen molar-refractivity contribution in [3.8, 4) is 0 Å². The van der Waals surface area contributed by atoms with Gasteiger partial charge in [0.15, 0.2) is 5.15 Å². The van der Waals surface area contributed by atoms with Crippen molar-refractivity contribution >= 4 is 11.6 Å². The number of fused-ring (bicyclic) bond motifs is 1. The van der Waals surface area contributed by atoms with E-state index >= 15 is 0 Å². The molecule has 2 aliphatic rings. The molecule has 1 atom stereocenters. The molecule has 94 valence electrons. The molecule has 1 aromatic rings. The van der Waals surface area contributed by atoms with E-state index in [-0.39, 0.29) is 6.17 Å². The van der Waals surface area contributed by atoms with Crippen LogP contribution in [0.25, 0.3) is 0 Å². The van der Waals surface area contributed by atoms with Crippen molar-refractivity contribution < 1.29 is 4.74 Å². The van der Waals surface area contributed by atoms with Gasteiger partial charge in [0.05, 0.1) is 11.9 Å². The van der Waals surface area contributed by atoms with Gasteiger partial charge in [0.1, 0.15) is 5.82 Å². The van der Waals surface area contributed by atoms with Gasteiger partial charge in [-0.2, -0.15) is 0 Å². The van der Waals surface area contributed by atoms with Gasteiger partial charge in [-0.3, -0.25) is 0 Å². The van der Waals surface area contributed by atoms with Crippen LogP contribution >= 0.6 is 11.6 Å². The second-order valence-electron chi connectivity index (χ2n) is 4.92. The Morgan fingerprint density at radius 3 is 2.82 bits per heavy atom. The van der Waals surface area contributed by atoms with Gasteiger partial charge in [-0.15, -0.1) is 0 Å². The third kappa shape index (κ3) is 1.98. The average molecular weight is 256 g/mol. The summed E-state index contributed by atoms with van der Waals surface area (Å²) in [7, 11) is 0. The lowest BCUT2D eigenvalue weighted by Crippen LogP contribution is -2.28. The molecule has 0 amide bonds. The van der Waals surface area contributed by atoms with Crippen molar-refractivity contribution in [3.63, 3.8) is 0 Å². The number of hydrogen-bond acceptors (Lipinski definition) is 3. The Morgan fingerprint density at radius 2 is 2.06 bits per heavy atom. The molecule has 1 unspecified atom stereocenters. The van der Waals surface area contributed by atoms with Gasteiger partial charge in [-0.1, -0.05) is 11.6 Å². The molecule has 0 aliphatic carbocycles. The van der Waals surface area contributed by atoms with E-state index < -0.39 is 0 Å². The van der Waals surface area contributed by atoms with Crippen LogP contribution in [0.5, 0.6) is 0 Å². The third-order valence-corrected chi connectivity index (χ3v) is 4.12. The number of hydrogen-bond donors (Lipinski definition) is 1. The topological polar surface area (TPSA) is 53.1 Å². The maximum Gasteiger partial charge on any atom is 0.150 e. The Morgan fingerprint density at radius 1 is 1.29 bits per heavy atom. The SMILES string of the molecule is NC1CCCc2c(Cl)nc(C3CCOCC3)n21. The molecule has 0 bridgehead atoms. The second-order valence-corrected chi connectivity index (χ2v) is 5.28. The first-order valence-electron chi connectivity index (χ1n) is 6.37. The summed E-state index contributed by atoms with van der Waals surface area (Å²) in [6.07, 6.45) is 5.24. The molecule has 5 heteroatoms. The lowest BCUT2D eigenvalue weighted by atomic mass is 9.98. The molecule has 2 N–H and O–H groups in total. The lowest BCUT2D eigenvalue weighted by Gasteiger charge is -2.28. The van der Waals surface area contributed by atoms with Crippen molar-refractivity contribution in [2.75, 3.05) is 13.2 Å². The maximum atomic E-state index is 6.23. The van der Waals surface area contributed by atoms with E-state index in [2.05, 4.69) is 9.55 Å². The Balaban J connectivity index is 1.98. The van der Waals surface area contributed by atoms with E-state index in [4.69, 9.17) is 22.1 Å². The van der Waals surface area contributed by atoms with Crippen LogP contribution in [-0.4, -0.2) is 22.8 Å². The molecule has 0 saturated carbocycles. The van der Waals surface area contributed by atoms with Crippen molar-refractivity contribution in [3.05, 3.63) is 16.7 Å². The molecule has 3 heterocycles. The van der Waals surface area contributed by atoms with Gasteiger partial charge < -0.3 is 15.0 Å². The first-order chi connectivity index (χ1) is 8.27. The average Bonchev–Trinajstić information content (AvgIpc) is 2.70. The van der Waals surface area contributed by atoms with E-state index in [9.17, 15) is 0 Å². The first kappa shape index (κ1) is 11.5. The summed E-state index contributed by atoms with van der Waals surface area (Å²) in [6, 6.07) is 0. The fraction of sp³-hybridized carbons (Fsp3) is 0.750. The summed E-state index contributed by atoms with van der Waals surface area (Å²) in [6.45, 7) is 1.64. The molecule has 0 spiro atoms. The predicted octanol–water partition coefficient (Wildman–Crippen LogP) is 2.22. The Labute approximate surface area is 106 Å². The largest absolute Gasteiger partial charge is 0.381 e. The number of halogens is 1. The number of rotatable bonds is 1. The van der Waals surface area contributed by atoms with Gasteiger partial charge >= 0.3 is 0 Å². The summed E-state index contributed by atoms with van der Waals surface area (Å²) in [5, 5.41) is 0.654. The summed E-state index contributed by atoms with van der Waals surface area (Å²) in [4.78, 5) is 4.56. The van der Waals surface area contributed by atoms with Crippen LogP contribution in [0.3, 0.4) is 0 Å². The standard InChI is InChI=1S/C12H18ClN3O/c13-11-9-2-1-3-10(14)16(9)12(15-11)8-4-6-17-7-5-8/h8,10H,1-7,14H2. The summed E-state index contributed by atoms with van der Waals surface area (Å²) in [5.74, 6) is 1.54. The minimum Gasteiger partial charge on any atom is -0.381 e. The normalized spacial score (nSPS) is 25.9. The van der Waals surface area contributed by atoms with Gasteiger partial charge in [0.25, 0.3) is 0 Å². The number of aromatic nitrogens is 2. The summed E-state index contributed by atoms with van der Waals surface area (Å²) < 4.78 is 7.58. The zero-order chi connectivity index (χ0) is 11.8. The second kappa shape index (κ2) is 4.59. The molecule has 4 nitrogen and oxygen atoms in total. The van der Waals surface area contributed by atoms with Crippen LogP contribution in [0.2, 0.25) is 5.15 Å². The fourth-order valence-electron chi connectivity index (χ4n) is 2.90. The fourth-order valence-corrected chi connectivity index (χ4v) is 3.17. The van der Waals surface area contributed by atoms with Crippen LogP contribution < -0.4 is 5.73 Å². The van der Waals surface area contributed by atoms with Crippen LogP contribution in [0, 0.1) is 0 Å². The molecule has 17 heavy (non-hydrogen) atoms. The van der Waals surface area contributed by atoms with Crippen LogP contribution in [-0.2, 0) is 11.2 Å². The predicted molar refractivity (Wildman–Crippen MR) is 66.2 cm³/mol. The van der Waals surface area contributed by atoms with Crippen molar-refractivity contribution in [2.45, 2.75) is 44.2 Å². The van der Waals surface area contributed by atoms with E-state index in [1.807, 2.05) is 0 Å². The van der Waals surface area contributed by atoms with Crippen molar-refractivity contribution in [2.24, 2.45) is 5.73 Å². The zero-order valence-corrected chi connectivity index (χ0v) is 10.6. The number of ether oxygens (including phenoxy) is 1. The zero-order valence-electron chi connectivity index (χ0n) is 9.86. The Kier molecular flexibility index (Phi) is 3.11. The third-order valence-electron chi connectivity index (χ3n) is 3.82. The van der Waals surface area contributed by atoms with E-state index in [0.717, 1.165) is 56.8 Å². The maximum absolute atomic E-state index is 6.23. The highest BCUT2D eigenvalue weighted by Crippen LogP contribution is 2.35. The highest BCUT2D eigenvalue weighted by Gasteiger charge is 2.29.